The van der Waals surface area contributed by atoms with Crippen molar-refractivity contribution >= 4 is 5.78 Å². The van der Waals surface area contributed by atoms with E-state index >= 15 is 0 Å². The SMILES string of the molecule is CCCn1nncc1C(=O)C1Cc2ccccc2C1. The summed E-state index contributed by atoms with van der Waals surface area (Å²) >= 11 is 0. The van der Waals surface area contributed by atoms with Crippen LogP contribution in [0.5, 0.6) is 0 Å². The van der Waals surface area contributed by atoms with Crippen molar-refractivity contribution in [2.75, 3.05) is 0 Å². The van der Waals surface area contributed by atoms with Crippen LogP contribution in [0.15, 0.2) is 30.5 Å². The lowest BCUT2D eigenvalue weighted by molar-refractivity contribution is 0.0913. The van der Waals surface area contributed by atoms with Crippen molar-refractivity contribution in [1.82, 2.24) is 15.0 Å². The van der Waals surface area contributed by atoms with Gasteiger partial charge in [0.25, 0.3) is 0 Å². The average molecular weight is 255 g/mol. The van der Waals surface area contributed by atoms with E-state index in [4.69, 9.17) is 0 Å². The van der Waals surface area contributed by atoms with Gasteiger partial charge < -0.3 is 0 Å². The quantitative estimate of drug-likeness (QED) is 0.787. The highest BCUT2D eigenvalue weighted by Gasteiger charge is 2.29. The molecule has 0 unspecified atom stereocenters. The minimum Gasteiger partial charge on any atom is -0.292 e. The van der Waals surface area contributed by atoms with Crippen LogP contribution in [-0.2, 0) is 19.4 Å². The zero-order chi connectivity index (χ0) is 13.2. The number of nitrogens with zero attached hydrogens (tertiary/aromatic N) is 3. The number of hydrogen-bond acceptors (Lipinski definition) is 3. The molecule has 1 aliphatic rings. The summed E-state index contributed by atoms with van der Waals surface area (Å²) in [7, 11) is 0. The number of benzene rings is 1. The van der Waals surface area contributed by atoms with Gasteiger partial charge in [0.1, 0.15) is 5.69 Å². The number of hydrogen-bond donors (Lipinski definition) is 0. The predicted molar refractivity (Wildman–Crippen MR) is 72.0 cm³/mol. The van der Waals surface area contributed by atoms with Gasteiger partial charge in [-0.15, -0.1) is 5.10 Å². The van der Waals surface area contributed by atoms with Gasteiger partial charge in [-0.25, -0.2) is 4.68 Å². The minimum absolute atomic E-state index is 0.0477. The molecule has 0 atom stereocenters. The lowest BCUT2D eigenvalue weighted by Gasteiger charge is -2.08. The molecule has 0 spiro atoms. The van der Waals surface area contributed by atoms with E-state index in [1.807, 2.05) is 12.1 Å². The summed E-state index contributed by atoms with van der Waals surface area (Å²) in [5.41, 5.74) is 3.25. The Bertz CT molecular complexity index is 578. The van der Waals surface area contributed by atoms with E-state index in [2.05, 4.69) is 29.4 Å². The molecule has 0 aliphatic heterocycles. The number of Topliss-reactive ketones (excluding diaryl/α,β-unsaturated/α-hetero) is 1. The van der Waals surface area contributed by atoms with Gasteiger partial charge in [-0.2, -0.15) is 0 Å². The fraction of sp³-hybridized carbons (Fsp3) is 0.400. The molecule has 1 heterocycles. The molecule has 1 aromatic heterocycles. The van der Waals surface area contributed by atoms with Gasteiger partial charge in [0.05, 0.1) is 6.20 Å². The number of carbonyl (C=O) groups is 1. The standard InChI is InChI=1S/C15H17N3O/c1-2-7-18-14(10-16-17-18)15(19)13-8-11-5-3-4-6-12(11)9-13/h3-6,10,13H,2,7-9H2,1H3. The maximum absolute atomic E-state index is 12.6. The molecule has 0 fully saturated rings. The summed E-state index contributed by atoms with van der Waals surface area (Å²) in [5.74, 6) is 0.223. The fourth-order valence-electron chi connectivity index (χ4n) is 2.78. The average Bonchev–Trinajstić information content (AvgIpc) is 3.04. The van der Waals surface area contributed by atoms with Crippen LogP contribution in [-0.4, -0.2) is 20.8 Å². The van der Waals surface area contributed by atoms with Gasteiger partial charge in [-0.05, 0) is 30.4 Å². The van der Waals surface area contributed by atoms with Crippen LogP contribution in [0.2, 0.25) is 0 Å². The third-order valence-electron chi connectivity index (χ3n) is 3.73. The van der Waals surface area contributed by atoms with Crippen molar-refractivity contribution in [3.63, 3.8) is 0 Å². The van der Waals surface area contributed by atoms with Crippen LogP contribution in [0.4, 0.5) is 0 Å². The Morgan fingerprint density at radius 3 is 2.63 bits per heavy atom. The Labute approximate surface area is 112 Å². The minimum atomic E-state index is 0.0477. The largest absolute Gasteiger partial charge is 0.292 e. The highest BCUT2D eigenvalue weighted by molar-refractivity contribution is 5.96. The zero-order valence-corrected chi connectivity index (χ0v) is 11.0. The van der Waals surface area contributed by atoms with Crippen molar-refractivity contribution in [3.05, 3.63) is 47.3 Å². The van der Waals surface area contributed by atoms with Gasteiger partial charge in [0.15, 0.2) is 5.78 Å². The Kier molecular flexibility index (Phi) is 3.15. The second kappa shape index (κ2) is 4.96. The molecule has 1 aromatic carbocycles. The number of ketones is 1. The van der Waals surface area contributed by atoms with E-state index in [9.17, 15) is 4.79 Å². The first-order valence-corrected chi connectivity index (χ1v) is 6.79. The molecule has 4 nitrogen and oxygen atoms in total. The van der Waals surface area contributed by atoms with Gasteiger partial charge in [-0.1, -0.05) is 36.4 Å². The van der Waals surface area contributed by atoms with E-state index < -0.39 is 0 Å². The van der Waals surface area contributed by atoms with Crippen molar-refractivity contribution < 1.29 is 4.79 Å². The van der Waals surface area contributed by atoms with Gasteiger partial charge in [-0.3, -0.25) is 4.79 Å². The second-order valence-electron chi connectivity index (χ2n) is 5.08. The first-order valence-electron chi connectivity index (χ1n) is 6.79. The number of carbonyl (C=O) groups excluding carboxylic acids is 1. The lowest BCUT2D eigenvalue weighted by Crippen LogP contribution is -2.19. The number of rotatable bonds is 4. The molecular formula is C15H17N3O. The fourth-order valence-corrected chi connectivity index (χ4v) is 2.78. The van der Waals surface area contributed by atoms with E-state index in [-0.39, 0.29) is 11.7 Å². The number of fused-ring (bicyclic) bond motifs is 1. The number of aromatic nitrogens is 3. The van der Waals surface area contributed by atoms with Crippen LogP contribution in [0, 0.1) is 5.92 Å². The topological polar surface area (TPSA) is 47.8 Å². The van der Waals surface area contributed by atoms with E-state index in [1.54, 1.807) is 10.9 Å². The smallest absolute Gasteiger partial charge is 0.186 e. The van der Waals surface area contributed by atoms with E-state index in [1.165, 1.54) is 11.1 Å². The summed E-state index contributed by atoms with van der Waals surface area (Å²) in [6.07, 6.45) is 4.23. The molecule has 0 saturated heterocycles. The summed E-state index contributed by atoms with van der Waals surface area (Å²) in [6.45, 7) is 2.82. The Hall–Kier alpha value is -1.97. The van der Waals surface area contributed by atoms with Crippen LogP contribution in [0.25, 0.3) is 0 Å². The lowest BCUT2D eigenvalue weighted by atomic mass is 9.99. The van der Waals surface area contributed by atoms with Crippen molar-refractivity contribution in [2.45, 2.75) is 32.7 Å². The molecule has 0 N–H and O–H groups in total. The summed E-state index contributed by atoms with van der Waals surface area (Å²) in [5, 5.41) is 7.87. The summed E-state index contributed by atoms with van der Waals surface area (Å²) in [6, 6.07) is 8.30. The van der Waals surface area contributed by atoms with Gasteiger partial charge in [0.2, 0.25) is 0 Å². The molecule has 0 radical (unpaired) electrons. The van der Waals surface area contributed by atoms with Gasteiger partial charge >= 0.3 is 0 Å². The highest BCUT2D eigenvalue weighted by Crippen LogP contribution is 2.28. The predicted octanol–water partition coefficient (Wildman–Crippen LogP) is 2.29. The Balaban J connectivity index is 1.81. The van der Waals surface area contributed by atoms with Gasteiger partial charge in [0, 0.05) is 12.5 Å². The molecule has 98 valence electrons. The normalized spacial score (nSPS) is 14.6. The van der Waals surface area contributed by atoms with Crippen LogP contribution >= 0.6 is 0 Å². The van der Waals surface area contributed by atoms with Crippen molar-refractivity contribution in [1.29, 1.82) is 0 Å². The first-order chi connectivity index (χ1) is 9.29. The van der Waals surface area contributed by atoms with Crippen LogP contribution < -0.4 is 0 Å². The molecule has 2 aromatic rings. The van der Waals surface area contributed by atoms with Crippen LogP contribution in [0.1, 0.15) is 35.0 Å². The molecule has 0 saturated carbocycles. The first kappa shape index (κ1) is 12.1. The van der Waals surface area contributed by atoms with Crippen molar-refractivity contribution in [3.8, 4) is 0 Å². The third-order valence-corrected chi connectivity index (χ3v) is 3.73. The summed E-state index contributed by atoms with van der Waals surface area (Å²) in [4.78, 5) is 12.6. The second-order valence-corrected chi connectivity index (χ2v) is 5.08. The van der Waals surface area contributed by atoms with Crippen molar-refractivity contribution in [2.24, 2.45) is 5.92 Å². The maximum Gasteiger partial charge on any atom is 0.186 e. The zero-order valence-electron chi connectivity index (χ0n) is 11.0. The third kappa shape index (κ3) is 2.18. The van der Waals surface area contributed by atoms with Crippen LogP contribution in [0.3, 0.4) is 0 Å². The van der Waals surface area contributed by atoms with E-state index in [0.717, 1.165) is 25.8 Å². The Morgan fingerprint density at radius 2 is 2.00 bits per heavy atom. The maximum atomic E-state index is 12.6. The number of aryl methyl sites for hydroxylation is 1. The molecule has 0 amide bonds. The molecule has 3 rings (SSSR count). The molecule has 1 aliphatic carbocycles. The molecule has 4 heteroatoms. The molecular weight excluding hydrogens is 238 g/mol. The molecule has 19 heavy (non-hydrogen) atoms. The van der Waals surface area contributed by atoms with E-state index in [0.29, 0.717) is 5.69 Å². The Morgan fingerprint density at radius 1 is 1.32 bits per heavy atom. The monoisotopic (exact) mass is 255 g/mol. The molecule has 0 bridgehead atoms. The summed E-state index contributed by atoms with van der Waals surface area (Å²) < 4.78 is 1.73. The highest BCUT2D eigenvalue weighted by atomic mass is 16.1.